The Hall–Kier alpha value is -1.25. The molecule has 0 rings (SSSR count). The van der Waals surface area contributed by atoms with Gasteiger partial charge in [0.15, 0.2) is 0 Å². The third kappa shape index (κ3) is 3.45. The number of ether oxygens (including phenoxy) is 1. The Bertz CT molecular complexity index is 175. The second-order valence-corrected chi connectivity index (χ2v) is 2.14. The Labute approximate surface area is 66.7 Å². The van der Waals surface area contributed by atoms with Gasteiger partial charge in [-0.25, -0.2) is 4.79 Å². The third-order valence-electron chi connectivity index (χ3n) is 1.34. The summed E-state index contributed by atoms with van der Waals surface area (Å²) in [7, 11) is 1.32. The Morgan fingerprint density at radius 2 is 2.27 bits per heavy atom. The van der Waals surface area contributed by atoms with Crippen molar-refractivity contribution in [2.45, 2.75) is 13.0 Å². The third-order valence-corrected chi connectivity index (χ3v) is 1.34. The molecule has 1 atom stereocenters. The van der Waals surface area contributed by atoms with Gasteiger partial charge in [-0.05, 0) is 12.5 Å². The zero-order valence-electron chi connectivity index (χ0n) is 6.89. The fraction of sp³-hybridized carbons (Fsp3) is 0.375. The maximum absolute atomic E-state index is 10.6. The van der Waals surface area contributed by atoms with Crippen LogP contribution in [0, 0.1) is 0 Å². The van der Waals surface area contributed by atoms with Gasteiger partial charge in [-0.1, -0.05) is 19.2 Å². The maximum atomic E-state index is 10.6. The minimum atomic E-state index is -0.458. The molecule has 3 heteroatoms. The lowest BCUT2D eigenvalue weighted by Gasteiger charge is -2.11. The summed E-state index contributed by atoms with van der Waals surface area (Å²) in [5, 5.41) is 2.55. The summed E-state index contributed by atoms with van der Waals surface area (Å²) < 4.78 is 4.39. The van der Waals surface area contributed by atoms with Crippen LogP contribution in [-0.2, 0) is 4.74 Å². The molecule has 0 aromatic carbocycles. The van der Waals surface area contributed by atoms with Crippen LogP contribution >= 0.6 is 0 Å². The Morgan fingerprint density at radius 3 is 2.64 bits per heavy atom. The highest BCUT2D eigenvalue weighted by Crippen LogP contribution is 1.98. The Kier molecular flexibility index (Phi) is 4.03. The molecular formula is C8H13NO2. The van der Waals surface area contributed by atoms with Crippen LogP contribution < -0.4 is 5.32 Å². The minimum Gasteiger partial charge on any atom is -0.453 e. The normalized spacial score (nSPS) is 11.5. The molecule has 1 amide bonds. The van der Waals surface area contributed by atoms with E-state index in [0.717, 1.165) is 5.57 Å². The van der Waals surface area contributed by atoms with Gasteiger partial charge in [-0.3, -0.25) is 0 Å². The second kappa shape index (κ2) is 4.55. The average molecular weight is 155 g/mol. The topological polar surface area (TPSA) is 38.3 Å². The number of hydrogen-bond acceptors (Lipinski definition) is 2. The molecule has 62 valence electrons. The Morgan fingerprint density at radius 1 is 1.73 bits per heavy atom. The van der Waals surface area contributed by atoms with E-state index < -0.39 is 6.09 Å². The van der Waals surface area contributed by atoms with Crippen molar-refractivity contribution in [2.75, 3.05) is 7.11 Å². The fourth-order valence-electron chi connectivity index (χ4n) is 0.505. The highest BCUT2D eigenvalue weighted by atomic mass is 16.5. The molecule has 11 heavy (non-hydrogen) atoms. The fourth-order valence-corrected chi connectivity index (χ4v) is 0.505. The number of nitrogens with one attached hydrogen (secondary N) is 1. The molecule has 0 aliphatic rings. The molecule has 0 aliphatic carbocycles. The Balaban J connectivity index is 3.86. The smallest absolute Gasteiger partial charge is 0.407 e. The van der Waals surface area contributed by atoms with Gasteiger partial charge in [-0.15, -0.1) is 0 Å². The SMILES string of the molecule is C=CC(=C)[C@@H](C)NC(=O)OC. The molecule has 0 aliphatic heterocycles. The van der Waals surface area contributed by atoms with Crippen LogP contribution in [0.5, 0.6) is 0 Å². The summed E-state index contributed by atoms with van der Waals surface area (Å²) >= 11 is 0. The number of rotatable bonds is 3. The van der Waals surface area contributed by atoms with Crippen molar-refractivity contribution in [2.24, 2.45) is 0 Å². The lowest BCUT2D eigenvalue weighted by atomic mass is 10.1. The summed E-state index contributed by atoms with van der Waals surface area (Å²) in [5.74, 6) is 0. The van der Waals surface area contributed by atoms with Crippen molar-refractivity contribution >= 4 is 6.09 Å². The molecule has 0 saturated heterocycles. The van der Waals surface area contributed by atoms with Gasteiger partial charge < -0.3 is 10.1 Å². The van der Waals surface area contributed by atoms with Gasteiger partial charge in [0.1, 0.15) is 0 Å². The van der Waals surface area contributed by atoms with Crippen LogP contribution in [-0.4, -0.2) is 19.2 Å². The van der Waals surface area contributed by atoms with E-state index in [0.29, 0.717) is 0 Å². The largest absolute Gasteiger partial charge is 0.453 e. The molecule has 0 unspecified atom stereocenters. The summed E-state index contributed by atoms with van der Waals surface area (Å²) in [6, 6.07) is -0.125. The van der Waals surface area contributed by atoms with Gasteiger partial charge in [0, 0.05) is 0 Å². The number of alkyl carbamates (subject to hydrolysis) is 1. The molecule has 0 spiro atoms. The van der Waals surface area contributed by atoms with Crippen LogP contribution in [0.3, 0.4) is 0 Å². The first-order valence-electron chi connectivity index (χ1n) is 3.27. The van der Waals surface area contributed by atoms with Gasteiger partial charge in [0.2, 0.25) is 0 Å². The van der Waals surface area contributed by atoms with E-state index in [9.17, 15) is 4.79 Å². The predicted molar refractivity (Wildman–Crippen MR) is 44.3 cm³/mol. The summed E-state index contributed by atoms with van der Waals surface area (Å²) in [4.78, 5) is 10.6. The molecule has 0 heterocycles. The van der Waals surface area contributed by atoms with Gasteiger partial charge in [0.05, 0.1) is 13.2 Å². The van der Waals surface area contributed by atoms with E-state index in [1.54, 1.807) is 13.0 Å². The summed E-state index contributed by atoms with van der Waals surface area (Å²) in [6.07, 6.45) is 1.14. The van der Waals surface area contributed by atoms with Crippen LogP contribution in [0.25, 0.3) is 0 Å². The lowest BCUT2D eigenvalue weighted by Crippen LogP contribution is -2.32. The highest BCUT2D eigenvalue weighted by molar-refractivity contribution is 5.67. The maximum Gasteiger partial charge on any atom is 0.407 e. The molecule has 0 aromatic rings. The van der Waals surface area contributed by atoms with E-state index in [2.05, 4.69) is 23.2 Å². The number of carbonyl (C=O) groups excluding carboxylic acids is 1. The van der Waals surface area contributed by atoms with Crippen molar-refractivity contribution < 1.29 is 9.53 Å². The van der Waals surface area contributed by atoms with Crippen LogP contribution in [0.15, 0.2) is 24.8 Å². The van der Waals surface area contributed by atoms with Gasteiger partial charge >= 0.3 is 6.09 Å². The standard InChI is InChI=1S/C8H13NO2/c1-5-6(2)7(3)9-8(10)11-4/h5,7H,1-2H2,3-4H3,(H,9,10)/t7-/m1/s1. The number of hydrogen-bond donors (Lipinski definition) is 1. The highest BCUT2D eigenvalue weighted by Gasteiger charge is 2.06. The van der Waals surface area contributed by atoms with Gasteiger partial charge in [0.25, 0.3) is 0 Å². The van der Waals surface area contributed by atoms with E-state index in [1.807, 2.05) is 0 Å². The first-order valence-corrected chi connectivity index (χ1v) is 3.27. The average Bonchev–Trinajstić information content (AvgIpc) is 2.02. The number of amides is 1. The summed E-state index contributed by atoms with van der Waals surface area (Å²) in [5.41, 5.74) is 0.760. The van der Waals surface area contributed by atoms with Crippen LogP contribution in [0.2, 0.25) is 0 Å². The monoisotopic (exact) mass is 155 g/mol. The van der Waals surface area contributed by atoms with Crippen molar-refractivity contribution in [1.82, 2.24) is 5.32 Å². The predicted octanol–water partition coefficient (Wildman–Crippen LogP) is 1.47. The second-order valence-electron chi connectivity index (χ2n) is 2.14. The van der Waals surface area contributed by atoms with E-state index in [4.69, 9.17) is 0 Å². The van der Waals surface area contributed by atoms with E-state index >= 15 is 0 Å². The molecule has 1 N–H and O–H groups in total. The minimum absolute atomic E-state index is 0.125. The summed E-state index contributed by atoms with van der Waals surface area (Å²) in [6.45, 7) is 9.00. The molecule has 0 bridgehead atoms. The quantitative estimate of drug-likeness (QED) is 0.627. The van der Waals surface area contributed by atoms with Crippen molar-refractivity contribution in [1.29, 1.82) is 0 Å². The van der Waals surface area contributed by atoms with E-state index in [-0.39, 0.29) is 6.04 Å². The molecular weight excluding hydrogens is 142 g/mol. The first kappa shape index (κ1) is 9.75. The van der Waals surface area contributed by atoms with Crippen molar-refractivity contribution in [3.63, 3.8) is 0 Å². The molecule has 0 aromatic heterocycles. The molecule has 0 saturated carbocycles. The molecule has 3 nitrogen and oxygen atoms in total. The van der Waals surface area contributed by atoms with Crippen molar-refractivity contribution in [3.8, 4) is 0 Å². The van der Waals surface area contributed by atoms with E-state index in [1.165, 1.54) is 7.11 Å². The lowest BCUT2D eigenvalue weighted by molar-refractivity contribution is 0.169. The van der Waals surface area contributed by atoms with Crippen LogP contribution in [0.1, 0.15) is 6.92 Å². The van der Waals surface area contributed by atoms with Crippen LogP contribution in [0.4, 0.5) is 4.79 Å². The zero-order chi connectivity index (χ0) is 8.85. The first-order chi connectivity index (χ1) is 5.11. The number of methoxy groups -OCH3 is 1. The van der Waals surface area contributed by atoms with Gasteiger partial charge in [-0.2, -0.15) is 0 Å². The van der Waals surface area contributed by atoms with Crippen molar-refractivity contribution in [3.05, 3.63) is 24.8 Å². The zero-order valence-corrected chi connectivity index (χ0v) is 6.89. The molecule has 0 fully saturated rings. The molecule has 0 radical (unpaired) electrons. The number of carbonyl (C=O) groups is 1.